The van der Waals surface area contributed by atoms with Crippen LogP contribution in [0.1, 0.15) is 33.5 Å². The molecule has 0 aromatic heterocycles. The molecule has 0 fully saturated rings. The summed E-state index contributed by atoms with van der Waals surface area (Å²) in [4.78, 5) is 11.4. The quantitative estimate of drug-likeness (QED) is 0.638. The van der Waals surface area contributed by atoms with Crippen molar-refractivity contribution in [3.63, 3.8) is 0 Å². The van der Waals surface area contributed by atoms with Gasteiger partial charge in [-0.2, -0.15) is 0 Å². The van der Waals surface area contributed by atoms with E-state index in [0.717, 1.165) is 43.9 Å². The molecule has 0 saturated heterocycles. The molecule has 0 spiro atoms. The summed E-state index contributed by atoms with van der Waals surface area (Å²) in [7, 11) is 1.39. The van der Waals surface area contributed by atoms with Gasteiger partial charge in [0.25, 0.3) is 0 Å². The van der Waals surface area contributed by atoms with E-state index in [0.29, 0.717) is 5.56 Å². The molecule has 4 nitrogen and oxygen atoms in total. The van der Waals surface area contributed by atoms with Crippen molar-refractivity contribution in [1.82, 2.24) is 5.32 Å². The standard InChI is InChI=1S/C14H15N.C11H12O3/c1-3-7-13(8-4-1)11-15-12-14-9-5-2-6-10-14;1-13-11(12)9-4-2-6-10-8(9)5-3-7-14-10/h1-10,15H,11-12H2;2,4,6H,3,5,7H2,1H3. The molecule has 0 radical (unpaired) electrons. The van der Waals surface area contributed by atoms with Gasteiger partial charge in [-0.3, -0.25) is 0 Å². The van der Waals surface area contributed by atoms with E-state index in [-0.39, 0.29) is 5.97 Å². The van der Waals surface area contributed by atoms with Gasteiger partial charge in [-0.1, -0.05) is 66.7 Å². The summed E-state index contributed by atoms with van der Waals surface area (Å²) in [6.07, 6.45) is 1.85. The Morgan fingerprint density at radius 1 is 0.897 bits per heavy atom. The van der Waals surface area contributed by atoms with E-state index < -0.39 is 0 Å². The van der Waals surface area contributed by atoms with Crippen molar-refractivity contribution in [1.29, 1.82) is 0 Å². The third-order valence-corrected chi connectivity index (χ3v) is 4.71. The zero-order valence-corrected chi connectivity index (χ0v) is 16.8. The first-order chi connectivity index (χ1) is 14.3. The normalized spacial score (nSPS) is 12.0. The number of benzene rings is 3. The average Bonchev–Trinajstić information content (AvgIpc) is 2.80. The second kappa shape index (κ2) is 11.0. The summed E-state index contributed by atoms with van der Waals surface area (Å²) in [6, 6.07) is 26.4. The first-order valence-electron chi connectivity index (χ1n) is 9.89. The Morgan fingerprint density at radius 2 is 1.52 bits per heavy atom. The minimum Gasteiger partial charge on any atom is -0.493 e. The maximum atomic E-state index is 11.4. The molecule has 1 aliphatic heterocycles. The number of carbonyl (C=O) groups is 1. The Bertz CT molecular complexity index is 855. The summed E-state index contributed by atoms with van der Waals surface area (Å²) in [5.41, 5.74) is 4.26. The first-order valence-corrected chi connectivity index (χ1v) is 9.89. The van der Waals surface area contributed by atoms with Crippen molar-refractivity contribution < 1.29 is 14.3 Å². The Kier molecular flexibility index (Phi) is 7.84. The second-order valence-electron chi connectivity index (χ2n) is 6.80. The predicted molar refractivity (Wildman–Crippen MR) is 115 cm³/mol. The van der Waals surface area contributed by atoms with E-state index in [1.165, 1.54) is 18.2 Å². The van der Waals surface area contributed by atoms with E-state index in [4.69, 9.17) is 9.47 Å². The molecule has 1 N–H and O–H groups in total. The minimum absolute atomic E-state index is 0.285. The van der Waals surface area contributed by atoms with Crippen LogP contribution in [0.4, 0.5) is 0 Å². The maximum Gasteiger partial charge on any atom is 0.338 e. The van der Waals surface area contributed by atoms with Crippen LogP contribution in [-0.2, 0) is 24.2 Å². The lowest BCUT2D eigenvalue weighted by Crippen LogP contribution is -2.13. The number of fused-ring (bicyclic) bond motifs is 1. The second-order valence-corrected chi connectivity index (χ2v) is 6.80. The Hall–Kier alpha value is -3.11. The number of ether oxygens (including phenoxy) is 2. The highest BCUT2D eigenvalue weighted by Crippen LogP contribution is 2.27. The van der Waals surface area contributed by atoms with E-state index in [1.807, 2.05) is 24.3 Å². The molecular weight excluding hydrogens is 362 g/mol. The molecule has 0 aliphatic carbocycles. The van der Waals surface area contributed by atoms with Crippen molar-refractivity contribution in [3.8, 4) is 5.75 Å². The van der Waals surface area contributed by atoms with Gasteiger partial charge in [-0.15, -0.1) is 0 Å². The maximum absolute atomic E-state index is 11.4. The van der Waals surface area contributed by atoms with Gasteiger partial charge in [0.2, 0.25) is 0 Å². The molecule has 29 heavy (non-hydrogen) atoms. The fraction of sp³-hybridized carbons (Fsp3) is 0.240. The van der Waals surface area contributed by atoms with E-state index in [9.17, 15) is 4.79 Å². The highest BCUT2D eigenvalue weighted by Gasteiger charge is 2.18. The first kappa shape index (κ1) is 20.6. The molecule has 0 saturated carbocycles. The van der Waals surface area contributed by atoms with Crippen LogP contribution in [0, 0.1) is 0 Å². The van der Waals surface area contributed by atoms with Crippen LogP contribution < -0.4 is 10.1 Å². The van der Waals surface area contributed by atoms with Crippen molar-refractivity contribution in [3.05, 3.63) is 101 Å². The summed E-state index contributed by atoms with van der Waals surface area (Å²) < 4.78 is 10.2. The number of esters is 1. The van der Waals surface area contributed by atoms with Crippen LogP contribution >= 0.6 is 0 Å². The number of carbonyl (C=O) groups excluding carboxylic acids is 1. The van der Waals surface area contributed by atoms with Crippen molar-refractivity contribution >= 4 is 5.97 Å². The number of nitrogens with one attached hydrogen (secondary N) is 1. The van der Waals surface area contributed by atoms with Gasteiger partial charge < -0.3 is 14.8 Å². The summed E-state index contributed by atoms with van der Waals surface area (Å²) in [5, 5.41) is 3.42. The van der Waals surface area contributed by atoms with E-state index in [2.05, 4.69) is 53.8 Å². The topological polar surface area (TPSA) is 47.6 Å². The zero-order valence-electron chi connectivity index (χ0n) is 16.8. The van der Waals surface area contributed by atoms with Crippen molar-refractivity contribution in [2.45, 2.75) is 25.9 Å². The van der Waals surface area contributed by atoms with Crippen LogP contribution in [0.2, 0.25) is 0 Å². The van der Waals surface area contributed by atoms with Crippen LogP contribution in [-0.4, -0.2) is 19.7 Å². The highest BCUT2D eigenvalue weighted by atomic mass is 16.5. The van der Waals surface area contributed by atoms with Gasteiger partial charge in [0.05, 0.1) is 19.3 Å². The number of methoxy groups -OCH3 is 1. The predicted octanol–water partition coefficient (Wildman–Crippen LogP) is 4.77. The molecule has 0 unspecified atom stereocenters. The molecule has 0 bridgehead atoms. The van der Waals surface area contributed by atoms with Crippen LogP contribution in [0.3, 0.4) is 0 Å². The van der Waals surface area contributed by atoms with Gasteiger partial charge in [0.1, 0.15) is 5.75 Å². The molecule has 3 aromatic rings. The van der Waals surface area contributed by atoms with Gasteiger partial charge >= 0.3 is 5.97 Å². The smallest absolute Gasteiger partial charge is 0.338 e. The van der Waals surface area contributed by atoms with Gasteiger partial charge in [-0.25, -0.2) is 4.79 Å². The minimum atomic E-state index is -0.285. The molecule has 3 aromatic carbocycles. The Labute approximate surface area is 172 Å². The van der Waals surface area contributed by atoms with Gasteiger partial charge in [-0.05, 0) is 36.1 Å². The summed E-state index contributed by atoms with van der Waals surface area (Å²) >= 11 is 0. The monoisotopic (exact) mass is 389 g/mol. The highest BCUT2D eigenvalue weighted by molar-refractivity contribution is 5.91. The zero-order chi connectivity index (χ0) is 20.3. The lowest BCUT2D eigenvalue weighted by Gasteiger charge is -2.18. The number of hydrogen-bond acceptors (Lipinski definition) is 4. The molecule has 4 heteroatoms. The van der Waals surface area contributed by atoms with Crippen molar-refractivity contribution in [2.75, 3.05) is 13.7 Å². The Morgan fingerprint density at radius 3 is 2.10 bits per heavy atom. The van der Waals surface area contributed by atoms with Gasteiger partial charge in [0, 0.05) is 18.7 Å². The average molecular weight is 389 g/mol. The molecule has 4 rings (SSSR count). The molecule has 150 valence electrons. The molecule has 1 heterocycles. The van der Waals surface area contributed by atoms with Crippen LogP contribution in [0.15, 0.2) is 78.9 Å². The van der Waals surface area contributed by atoms with E-state index in [1.54, 1.807) is 6.07 Å². The molecular formula is C25H27NO3. The van der Waals surface area contributed by atoms with Crippen LogP contribution in [0.25, 0.3) is 0 Å². The third kappa shape index (κ3) is 6.19. The fourth-order valence-electron chi connectivity index (χ4n) is 3.23. The molecule has 1 aliphatic rings. The fourth-order valence-corrected chi connectivity index (χ4v) is 3.23. The van der Waals surface area contributed by atoms with Gasteiger partial charge in [0.15, 0.2) is 0 Å². The number of hydrogen-bond donors (Lipinski definition) is 1. The lowest BCUT2D eigenvalue weighted by molar-refractivity contribution is 0.0598. The largest absolute Gasteiger partial charge is 0.493 e. The third-order valence-electron chi connectivity index (χ3n) is 4.71. The summed E-state index contributed by atoms with van der Waals surface area (Å²) in [5.74, 6) is 0.534. The SMILES string of the molecule is COC(=O)c1cccc2c1CCCO2.c1ccc(CNCc2ccccc2)cc1. The van der Waals surface area contributed by atoms with Crippen LogP contribution in [0.5, 0.6) is 5.75 Å². The number of rotatable bonds is 5. The molecule has 0 amide bonds. The lowest BCUT2D eigenvalue weighted by atomic mass is 10.0. The van der Waals surface area contributed by atoms with E-state index >= 15 is 0 Å². The Balaban J connectivity index is 0.000000166. The summed E-state index contributed by atoms with van der Waals surface area (Å²) in [6.45, 7) is 2.59. The molecule has 0 atom stereocenters. The van der Waals surface area contributed by atoms with Crippen molar-refractivity contribution in [2.24, 2.45) is 0 Å².